The van der Waals surface area contributed by atoms with Gasteiger partial charge in [0.25, 0.3) is 0 Å². The van der Waals surface area contributed by atoms with E-state index in [1.165, 1.54) is 35.8 Å². The van der Waals surface area contributed by atoms with Gasteiger partial charge >= 0.3 is 0 Å². The van der Waals surface area contributed by atoms with E-state index in [1.54, 1.807) is 12.1 Å². The van der Waals surface area contributed by atoms with Crippen molar-refractivity contribution in [1.82, 2.24) is 0 Å². The van der Waals surface area contributed by atoms with Crippen molar-refractivity contribution >= 4 is 0 Å². The second-order valence-electron chi connectivity index (χ2n) is 6.37. The molecule has 1 aliphatic rings. The van der Waals surface area contributed by atoms with Crippen LogP contribution in [0.15, 0.2) is 65.9 Å². The Labute approximate surface area is 173 Å². The standard InChI is InChI=1S/C20H27NO.C2H6.C2H4.CH5N/c1-14-4-6-17(7-5-14)15(2)12-19(21)10-8-18-9-11-20(22)13-16(18)3;3*1-2/h4,9,11-13,22H,5-8,10,21H2,1-3H3;1-2H3;1-2H2;2H2,1H3/b17-15-,19-12-;;;. The first kappa shape index (κ1) is 28.0. The zero-order valence-corrected chi connectivity index (χ0v) is 18.9. The molecule has 0 radical (unpaired) electrons. The Morgan fingerprint density at radius 1 is 1.14 bits per heavy atom. The predicted octanol–water partition coefficient (Wildman–Crippen LogP) is 6.33. The molecule has 0 amide bonds. The predicted molar refractivity (Wildman–Crippen MR) is 126 cm³/mol. The molecular formula is C25H42N2O. The Kier molecular flexibility index (Phi) is 16.9. The van der Waals surface area contributed by atoms with Crippen molar-refractivity contribution in [2.45, 2.75) is 66.7 Å². The van der Waals surface area contributed by atoms with Crippen molar-refractivity contribution in [3.8, 4) is 5.75 Å². The first-order chi connectivity index (χ1) is 13.5. The molecule has 3 heteroatoms. The number of nitrogens with two attached hydrogens (primary N) is 2. The van der Waals surface area contributed by atoms with Crippen LogP contribution in [0, 0.1) is 6.92 Å². The zero-order chi connectivity index (χ0) is 22.1. The van der Waals surface area contributed by atoms with Crippen molar-refractivity contribution in [1.29, 1.82) is 0 Å². The zero-order valence-electron chi connectivity index (χ0n) is 18.9. The van der Waals surface area contributed by atoms with Gasteiger partial charge < -0.3 is 16.6 Å². The minimum absolute atomic E-state index is 0.325. The first-order valence-corrected chi connectivity index (χ1v) is 10.1. The van der Waals surface area contributed by atoms with Gasteiger partial charge in [0, 0.05) is 5.70 Å². The first-order valence-electron chi connectivity index (χ1n) is 10.1. The molecule has 0 fully saturated rings. The summed E-state index contributed by atoms with van der Waals surface area (Å²) in [6, 6.07) is 5.53. The Balaban J connectivity index is 0. The highest BCUT2D eigenvalue weighted by Crippen LogP contribution is 2.26. The lowest BCUT2D eigenvalue weighted by Crippen LogP contribution is -2.02. The maximum Gasteiger partial charge on any atom is 0.115 e. The van der Waals surface area contributed by atoms with Crippen LogP contribution < -0.4 is 11.5 Å². The highest BCUT2D eigenvalue weighted by atomic mass is 16.3. The lowest BCUT2D eigenvalue weighted by Gasteiger charge is -2.15. The highest BCUT2D eigenvalue weighted by Gasteiger charge is 2.07. The van der Waals surface area contributed by atoms with Crippen molar-refractivity contribution < 1.29 is 5.11 Å². The third kappa shape index (κ3) is 10.8. The van der Waals surface area contributed by atoms with Crippen LogP contribution in [0.5, 0.6) is 5.75 Å². The number of phenols is 1. The van der Waals surface area contributed by atoms with Crippen LogP contribution in [0.25, 0.3) is 0 Å². The van der Waals surface area contributed by atoms with Gasteiger partial charge in [-0.05, 0) is 94.8 Å². The lowest BCUT2D eigenvalue weighted by atomic mass is 9.92. The number of allylic oxidation sites excluding steroid dienone is 6. The van der Waals surface area contributed by atoms with Gasteiger partial charge in [0.05, 0.1) is 0 Å². The van der Waals surface area contributed by atoms with Crippen LogP contribution in [0.3, 0.4) is 0 Å². The summed E-state index contributed by atoms with van der Waals surface area (Å²) >= 11 is 0. The Morgan fingerprint density at radius 2 is 1.75 bits per heavy atom. The van der Waals surface area contributed by atoms with Gasteiger partial charge in [0.1, 0.15) is 5.75 Å². The van der Waals surface area contributed by atoms with Crippen LogP contribution in [-0.2, 0) is 6.42 Å². The van der Waals surface area contributed by atoms with Crippen LogP contribution in [0.1, 0.15) is 64.5 Å². The van der Waals surface area contributed by atoms with E-state index in [1.807, 2.05) is 26.8 Å². The summed E-state index contributed by atoms with van der Waals surface area (Å²) in [7, 11) is 1.50. The lowest BCUT2D eigenvalue weighted by molar-refractivity contribution is 0.474. The van der Waals surface area contributed by atoms with Crippen LogP contribution in [0.2, 0.25) is 0 Å². The Bertz CT molecular complexity index is 655. The largest absolute Gasteiger partial charge is 0.508 e. The summed E-state index contributed by atoms with van der Waals surface area (Å²) in [4.78, 5) is 0. The molecule has 1 aromatic carbocycles. The van der Waals surface area contributed by atoms with Crippen LogP contribution in [-0.4, -0.2) is 12.2 Å². The van der Waals surface area contributed by atoms with Crippen LogP contribution in [0.4, 0.5) is 0 Å². The molecular weight excluding hydrogens is 344 g/mol. The Morgan fingerprint density at radius 3 is 2.25 bits per heavy atom. The summed E-state index contributed by atoms with van der Waals surface area (Å²) in [6.07, 6.45) is 9.63. The molecule has 0 atom stereocenters. The van der Waals surface area contributed by atoms with Gasteiger partial charge in [-0.15, -0.1) is 13.2 Å². The fourth-order valence-electron chi connectivity index (χ4n) is 2.90. The van der Waals surface area contributed by atoms with Crippen LogP contribution >= 0.6 is 0 Å². The topological polar surface area (TPSA) is 72.3 Å². The van der Waals surface area contributed by atoms with Gasteiger partial charge in [0.15, 0.2) is 0 Å². The van der Waals surface area contributed by atoms with Crippen molar-refractivity contribution in [3.05, 3.63) is 77.1 Å². The quantitative estimate of drug-likeness (QED) is 0.530. The fourth-order valence-corrected chi connectivity index (χ4v) is 2.90. The SMILES string of the molecule is C=C.CC.CC1=CC/C(=C(C)/C=C(\N)CCc2ccc(O)cc2C)CC1.CN. The maximum absolute atomic E-state index is 9.45. The molecule has 28 heavy (non-hydrogen) atoms. The molecule has 0 saturated heterocycles. The van der Waals surface area contributed by atoms with E-state index in [2.05, 4.69) is 44.9 Å². The summed E-state index contributed by atoms with van der Waals surface area (Å²) in [5, 5.41) is 9.45. The minimum atomic E-state index is 0.325. The molecule has 2 rings (SSSR count). The van der Waals surface area contributed by atoms with E-state index in [0.29, 0.717) is 5.75 Å². The van der Waals surface area contributed by atoms with Gasteiger partial charge in [-0.25, -0.2) is 0 Å². The summed E-state index contributed by atoms with van der Waals surface area (Å²) in [6.45, 7) is 16.4. The maximum atomic E-state index is 9.45. The number of hydrogen-bond acceptors (Lipinski definition) is 3. The number of hydrogen-bond donors (Lipinski definition) is 3. The summed E-state index contributed by atoms with van der Waals surface area (Å²) in [5.41, 5.74) is 18.3. The molecule has 1 aromatic rings. The van der Waals surface area contributed by atoms with E-state index >= 15 is 0 Å². The summed E-state index contributed by atoms with van der Waals surface area (Å²) in [5.74, 6) is 0.325. The molecule has 0 bridgehead atoms. The molecule has 0 aromatic heterocycles. The average molecular weight is 387 g/mol. The number of aromatic hydroxyl groups is 1. The fraction of sp³-hybridized carbons (Fsp3) is 0.440. The smallest absolute Gasteiger partial charge is 0.115 e. The highest BCUT2D eigenvalue weighted by molar-refractivity contribution is 5.35. The van der Waals surface area contributed by atoms with Crippen molar-refractivity contribution in [2.24, 2.45) is 11.5 Å². The number of phenolic OH excluding ortho intramolecular Hbond substituents is 1. The molecule has 3 nitrogen and oxygen atoms in total. The third-order valence-electron chi connectivity index (χ3n) is 4.49. The molecule has 0 aliphatic heterocycles. The van der Waals surface area contributed by atoms with Gasteiger partial charge in [-0.2, -0.15) is 0 Å². The normalized spacial score (nSPS) is 14.8. The number of benzene rings is 1. The van der Waals surface area contributed by atoms with E-state index < -0.39 is 0 Å². The second kappa shape index (κ2) is 16.9. The molecule has 1 aliphatic carbocycles. The Hall–Kier alpha value is -2.26. The molecule has 5 N–H and O–H groups in total. The molecule has 0 heterocycles. The van der Waals surface area contributed by atoms with Gasteiger partial charge in [-0.1, -0.05) is 37.1 Å². The van der Waals surface area contributed by atoms with Gasteiger partial charge in [-0.3, -0.25) is 0 Å². The van der Waals surface area contributed by atoms with Crippen molar-refractivity contribution in [3.63, 3.8) is 0 Å². The van der Waals surface area contributed by atoms with E-state index in [9.17, 15) is 5.11 Å². The van der Waals surface area contributed by atoms with E-state index in [0.717, 1.165) is 36.9 Å². The monoisotopic (exact) mass is 386 g/mol. The minimum Gasteiger partial charge on any atom is -0.508 e. The number of aryl methyl sites for hydroxylation is 2. The summed E-state index contributed by atoms with van der Waals surface area (Å²) < 4.78 is 0. The molecule has 158 valence electrons. The van der Waals surface area contributed by atoms with E-state index in [-0.39, 0.29) is 0 Å². The van der Waals surface area contributed by atoms with Crippen molar-refractivity contribution in [2.75, 3.05) is 7.05 Å². The molecule has 0 spiro atoms. The number of rotatable bonds is 4. The third-order valence-corrected chi connectivity index (χ3v) is 4.49. The average Bonchev–Trinajstić information content (AvgIpc) is 2.72. The van der Waals surface area contributed by atoms with Gasteiger partial charge in [0.2, 0.25) is 0 Å². The molecule has 0 saturated carbocycles. The molecule has 0 unspecified atom stereocenters. The second-order valence-corrected chi connectivity index (χ2v) is 6.37. The van der Waals surface area contributed by atoms with E-state index in [4.69, 9.17) is 5.73 Å².